The number of anilines is 1. The molecule has 0 radical (unpaired) electrons. The Balaban J connectivity index is 1.69. The summed E-state index contributed by atoms with van der Waals surface area (Å²) in [4.78, 5) is 28.2. The first-order valence-corrected chi connectivity index (χ1v) is 9.16. The van der Waals surface area contributed by atoms with E-state index in [1.54, 1.807) is 30.3 Å². The number of amides is 1. The van der Waals surface area contributed by atoms with E-state index in [0.717, 1.165) is 22.2 Å². The number of nitrogens with one attached hydrogen (secondary N) is 2. The molecule has 1 amide bonds. The summed E-state index contributed by atoms with van der Waals surface area (Å²) in [5.74, 6) is 0.0384. The van der Waals surface area contributed by atoms with Crippen LogP contribution in [0.25, 0.3) is 10.9 Å². The summed E-state index contributed by atoms with van der Waals surface area (Å²) in [6, 6.07) is 10.3. The predicted molar refractivity (Wildman–Crippen MR) is 111 cm³/mol. The van der Waals surface area contributed by atoms with E-state index in [2.05, 4.69) is 10.3 Å². The highest BCUT2D eigenvalue weighted by Crippen LogP contribution is 2.30. The number of carbonyl (C=O) groups is 2. The minimum absolute atomic E-state index is 0.394. The topological polar surface area (TPSA) is 89.6 Å². The Bertz CT molecular complexity index is 1070. The summed E-state index contributed by atoms with van der Waals surface area (Å²) >= 11 is 0. The Morgan fingerprint density at radius 3 is 2.41 bits per heavy atom. The fourth-order valence-electron chi connectivity index (χ4n) is 3.03. The van der Waals surface area contributed by atoms with Crippen molar-refractivity contribution in [3.05, 3.63) is 53.2 Å². The van der Waals surface area contributed by atoms with Crippen LogP contribution in [0.3, 0.4) is 0 Å². The Morgan fingerprint density at radius 2 is 1.72 bits per heavy atom. The number of H-pyrrole nitrogens is 1. The third-order valence-corrected chi connectivity index (χ3v) is 4.85. The number of aryl methyl sites for hydroxylation is 2. The zero-order valence-corrected chi connectivity index (χ0v) is 17.1. The number of methoxy groups -OCH3 is 2. The molecule has 152 valence electrons. The minimum atomic E-state index is -0.972. The van der Waals surface area contributed by atoms with E-state index in [0.29, 0.717) is 22.7 Å². The van der Waals surface area contributed by atoms with Crippen molar-refractivity contribution in [2.75, 3.05) is 19.5 Å². The van der Waals surface area contributed by atoms with Gasteiger partial charge in [0.05, 0.1) is 19.8 Å². The quantitative estimate of drug-likeness (QED) is 0.615. The van der Waals surface area contributed by atoms with Crippen molar-refractivity contribution in [2.45, 2.75) is 26.9 Å². The molecule has 7 nitrogen and oxygen atoms in total. The third kappa shape index (κ3) is 4.18. The van der Waals surface area contributed by atoms with Gasteiger partial charge in [-0.3, -0.25) is 4.79 Å². The normalized spacial score (nSPS) is 11.8. The van der Waals surface area contributed by atoms with Crippen molar-refractivity contribution in [3.8, 4) is 11.5 Å². The van der Waals surface area contributed by atoms with Gasteiger partial charge in [-0.25, -0.2) is 4.79 Å². The van der Waals surface area contributed by atoms with Crippen molar-refractivity contribution >= 4 is 28.5 Å². The molecule has 3 aromatic rings. The molecule has 0 aliphatic carbocycles. The fourth-order valence-corrected chi connectivity index (χ4v) is 3.03. The molecular formula is C22H24N2O5. The molecule has 0 saturated heterocycles. The van der Waals surface area contributed by atoms with E-state index in [4.69, 9.17) is 14.2 Å². The Kier molecular flexibility index (Phi) is 5.77. The largest absolute Gasteiger partial charge is 0.493 e. The van der Waals surface area contributed by atoms with Crippen LogP contribution in [0.15, 0.2) is 36.4 Å². The number of aromatic nitrogens is 1. The number of aromatic amines is 1. The van der Waals surface area contributed by atoms with E-state index in [9.17, 15) is 9.59 Å². The molecule has 0 bridgehead atoms. The highest BCUT2D eigenvalue weighted by Gasteiger charge is 2.20. The molecule has 1 heterocycles. The van der Waals surface area contributed by atoms with Crippen molar-refractivity contribution in [1.29, 1.82) is 0 Å². The van der Waals surface area contributed by atoms with Crippen LogP contribution in [-0.2, 0) is 9.53 Å². The van der Waals surface area contributed by atoms with Crippen molar-refractivity contribution in [3.63, 3.8) is 0 Å². The lowest BCUT2D eigenvalue weighted by Crippen LogP contribution is -2.30. The van der Waals surface area contributed by atoms with Crippen LogP contribution in [0.2, 0.25) is 0 Å². The van der Waals surface area contributed by atoms with Crippen LogP contribution in [0, 0.1) is 13.8 Å². The van der Waals surface area contributed by atoms with Gasteiger partial charge in [0, 0.05) is 28.4 Å². The van der Waals surface area contributed by atoms with Crippen molar-refractivity contribution < 1.29 is 23.8 Å². The lowest BCUT2D eigenvalue weighted by atomic mass is 10.1. The van der Waals surface area contributed by atoms with E-state index in [1.807, 2.05) is 19.9 Å². The summed E-state index contributed by atoms with van der Waals surface area (Å²) in [6.45, 7) is 5.49. The number of esters is 1. The molecular weight excluding hydrogens is 372 g/mol. The molecule has 0 aliphatic heterocycles. The fraction of sp³-hybridized carbons (Fsp3) is 0.273. The Morgan fingerprint density at radius 1 is 1.00 bits per heavy atom. The number of carbonyl (C=O) groups excluding carboxylic acids is 2. The van der Waals surface area contributed by atoms with Crippen LogP contribution in [0.4, 0.5) is 5.69 Å². The van der Waals surface area contributed by atoms with Gasteiger partial charge >= 0.3 is 5.97 Å². The van der Waals surface area contributed by atoms with Gasteiger partial charge in [-0.05, 0) is 56.7 Å². The molecule has 1 atom stereocenters. The molecule has 0 fully saturated rings. The molecule has 0 saturated carbocycles. The number of benzene rings is 2. The maximum atomic E-state index is 12.5. The summed E-state index contributed by atoms with van der Waals surface area (Å²) in [7, 11) is 3.05. The average molecular weight is 396 g/mol. The molecule has 0 unspecified atom stereocenters. The molecule has 7 heteroatoms. The lowest BCUT2D eigenvalue weighted by molar-refractivity contribution is -0.123. The number of rotatable bonds is 6. The zero-order chi connectivity index (χ0) is 21.1. The van der Waals surface area contributed by atoms with Gasteiger partial charge in [-0.15, -0.1) is 0 Å². The summed E-state index contributed by atoms with van der Waals surface area (Å²) in [5, 5.41) is 3.67. The summed E-state index contributed by atoms with van der Waals surface area (Å²) < 4.78 is 15.8. The second kappa shape index (κ2) is 8.26. The number of fused-ring (bicyclic) bond motifs is 1. The van der Waals surface area contributed by atoms with Gasteiger partial charge in [-0.2, -0.15) is 0 Å². The van der Waals surface area contributed by atoms with E-state index in [-0.39, 0.29) is 0 Å². The third-order valence-electron chi connectivity index (χ3n) is 4.85. The first kappa shape index (κ1) is 20.3. The summed E-state index contributed by atoms with van der Waals surface area (Å²) in [5.41, 5.74) is 3.98. The second-order valence-corrected chi connectivity index (χ2v) is 6.74. The number of hydrogen-bond donors (Lipinski definition) is 2. The highest BCUT2D eigenvalue weighted by atomic mass is 16.5. The zero-order valence-electron chi connectivity index (χ0n) is 17.1. The molecule has 2 aromatic carbocycles. The highest BCUT2D eigenvalue weighted by molar-refractivity contribution is 5.99. The maximum absolute atomic E-state index is 12.5. The number of ether oxygens (including phenoxy) is 3. The second-order valence-electron chi connectivity index (χ2n) is 6.74. The van der Waals surface area contributed by atoms with E-state index in [1.165, 1.54) is 21.1 Å². The van der Waals surface area contributed by atoms with Gasteiger partial charge in [0.15, 0.2) is 17.6 Å². The van der Waals surface area contributed by atoms with E-state index < -0.39 is 18.0 Å². The average Bonchev–Trinajstić information content (AvgIpc) is 3.00. The van der Waals surface area contributed by atoms with Crippen LogP contribution in [-0.4, -0.2) is 37.2 Å². The first-order valence-electron chi connectivity index (χ1n) is 9.16. The van der Waals surface area contributed by atoms with Crippen LogP contribution < -0.4 is 14.8 Å². The smallest absolute Gasteiger partial charge is 0.338 e. The Labute approximate surface area is 169 Å². The predicted octanol–water partition coefficient (Wildman–Crippen LogP) is 3.99. The maximum Gasteiger partial charge on any atom is 0.338 e. The lowest BCUT2D eigenvalue weighted by Gasteiger charge is -2.15. The van der Waals surface area contributed by atoms with Crippen molar-refractivity contribution in [1.82, 2.24) is 4.98 Å². The van der Waals surface area contributed by atoms with Gasteiger partial charge in [0.1, 0.15) is 0 Å². The van der Waals surface area contributed by atoms with Gasteiger partial charge in [0.25, 0.3) is 5.91 Å². The SMILES string of the molecule is COc1ccc(NC(=O)[C@H](C)OC(=O)c2ccc3[nH]c(C)c(C)c3c2)cc1OC. The van der Waals surface area contributed by atoms with Gasteiger partial charge < -0.3 is 24.5 Å². The minimum Gasteiger partial charge on any atom is -0.493 e. The molecule has 2 N–H and O–H groups in total. The monoisotopic (exact) mass is 396 g/mol. The first-order chi connectivity index (χ1) is 13.8. The number of hydrogen-bond acceptors (Lipinski definition) is 5. The molecule has 1 aromatic heterocycles. The van der Waals surface area contributed by atoms with Crippen molar-refractivity contribution in [2.24, 2.45) is 0 Å². The van der Waals surface area contributed by atoms with Crippen LogP contribution in [0.5, 0.6) is 11.5 Å². The molecule has 0 spiro atoms. The van der Waals surface area contributed by atoms with Gasteiger partial charge in [0.2, 0.25) is 0 Å². The van der Waals surface area contributed by atoms with Crippen LogP contribution >= 0.6 is 0 Å². The van der Waals surface area contributed by atoms with Crippen LogP contribution in [0.1, 0.15) is 28.5 Å². The standard InChI is InChI=1S/C22H24N2O5/c1-12-13(2)23-18-8-6-15(10-17(12)18)22(26)29-14(3)21(25)24-16-7-9-19(27-4)20(11-16)28-5/h6-11,14,23H,1-5H3,(H,24,25)/t14-/m0/s1. The molecule has 3 rings (SSSR count). The summed E-state index contributed by atoms with van der Waals surface area (Å²) in [6.07, 6.45) is -0.972. The van der Waals surface area contributed by atoms with E-state index >= 15 is 0 Å². The molecule has 0 aliphatic rings. The Hall–Kier alpha value is -3.48. The molecule has 29 heavy (non-hydrogen) atoms. The van der Waals surface area contributed by atoms with Gasteiger partial charge in [-0.1, -0.05) is 0 Å².